The zero-order chi connectivity index (χ0) is 19.9. The molecule has 3 aliphatic rings. The highest BCUT2D eigenvalue weighted by Gasteiger charge is 2.60. The minimum atomic E-state index is -0.540. The van der Waals surface area contributed by atoms with Crippen LogP contribution >= 0.6 is 0 Å². The maximum atomic E-state index is 13.2. The standard InChI is InChI=1S/C22H28N2O4/c1-4-14-12-24-10-9-22(17-7-5-6-8-18(17)23-21(22)26)19(24)11-15(14)16(13-27-2)20(25)28-3/h5-8,13-15,19H,4,9-12H2,1-3H3,(H,23,26)/b16-13-/t14-,15+,19+,22-/m1/s1. The largest absolute Gasteiger partial charge is 0.504 e. The van der Waals surface area contributed by atoms with Gasteiger partial charge in [-0.15, -0.1) is 0 Å². The van der Waals surface area contributed by atoms with Crippen molar-refractivity contribution in [3.63, 3.8) is 0 Å². The molecule has 0 saturated carbocycles. The SMILES string of the molecule is CC[C@@H]1CN2CC[C@]3(C(=O)Nc4ccccc43)[C@@H]2C[C@@H]1/C(=C/OC)C(=O)OC. The highest BCUT2D eigenvalue weighted by atomic mass is 16.5. The number of nitrogens with one attached hydrogen (secondary N) is 1. The fraction of sp³-hybridized carbons (Fsp3) is 0.545. The molecule has 2 fully saturated rings. The van der Waals surface area contributed by atoms with E-state index in [2.05, 4.69) is 23.2 Å². The topological polar surface area (TPSA) is 67.9 Å². The molecule has 150 valence electrons. The second kappa shape index (κ2) is 7.24. The Labute approximate surface area is 165 Å². The number of methoxy groups -OCH3 is 2. The third kappa shape index (κ3) is 2.65. The van der Waals surface area contributed by atoms with E-state index in [4.69, 9.17) is 9.47 Å². The van der Waals surface area contributed by atoms with Crippen molar-refractivity contribution in [1.29, 1.82) is 0 Å². The fourth-order valence-corrected chi connectivity index (χ4v) is 5.63. The van der Waals surface area contributed by atoms with Crippen molar-refractivity contribution in [3.8, 4) is 0 Å². The molecule has 1 aromatic carbocycles. The van der Waals surface area contributed by atoms with Gasteiger partial charge < -0.3 is 14.8 Å². The number of hydrogen-bond acceptors (Lipinski definition) is 5. The number of rotatable bonds is 4. The Morgan fingerprint density at radius 3 is 2.86 bits per heavy atom. The molecule has 0 radical (unpaired) electrons. The van der Waals surface area contributed by atoms with Crippen molar-refractivity contribution in [1.82, 2.24) is 4.90 Å². The van der Waals surface area contributed by atoms with Crippen LogP contribution < -0.4 is 5.32 Å². The maximum Gasteiger partial charge on any atom is 0.337 e. The monoisotopic (exact) mass is 384 g/mol. The number of hydrogen-bond donors (Lipinski definition) is 1. The summed E-state index contributed by atoms with van der Waals surface area (Å²) in [4.78, 5) is 28.1. The summed E-state index contributed by atoms with van der Waals surface area (Å²) in [5.74, 6) is 0.0769. The van der Waals surface area contributed by atoms with Crippen molar-refractivity contribution in [2.75, 3.05) is 32.6 Å². The van der Waals surface area contributed by atoms with Crippen LogP contribution in [0.2, 0.25) is 0 Å². The lowest BCUT2D eigenvalue weighted by Gasteiger charge is -2.45. The van der Waals surface area contributed by atoms with E-state index >= 15 is 0 Å². The number of esters is 1. The van der Waals surface area contributed by atoms with Crippen molar-refractivity contribution in [2.45, 2.75) is 37.6 Å². The lowest BCUT2D eigenvalue weighted by atomic mass is 9.67. The molecule has 0 bridgehead atoms. The van der Waals surface area contributed by atoms with Gasteiger partial charge >= 0.3 is 5.97 Å². The van der Waals surface area contributed by atoms with E-state index in [1.807, 2.05) is 18.2 Å². The second-order valence-electron chi connectivity index (χ2n) is 8.04. The third-order valence-corrected chi connectivity index (χ3v) is 6.97. The van der Waals surface area contributed by atoms with E-state index in [-0.39, 0.29) is 23.8 Å². The van der Waals surface area contributed by atoms with Gasteiger partial charge in [-0.3, -0.25) is 9.69 Å². The predicted octanol–water partition coefficient (Wildman–Crippen LogP) is 2.70. The Morgan fingerprint density at radius 2 is 2.14 bits per heavy atom. The average Bonchev–Trinajstić information content (AvgIpc) is 3.23. The van der Waals surface area contributed by atoms with Crippen molar-refractivity contribution >= 4 is 17.6 Å². The number of piperidine rings is 1. The highest BCUT2D eigenvalue weighted by molar-refractivity contribution is 6.07. The number of nitrogens with zero attached hydrogens (tertiary/aromatic N) is 1. The van der Waals surface area contributed by atoms with Crippen molar-refractivity contribution in [3.05, 3.63) is 41.7 Å². The zero-order valence-corrected chi connectivity index (χ0v) is 16.7. The van der Waals surface area contributed by atoms with E-state index in [1.54, 1.807) is 7.11 Å². The maximum absolute atomic E-state index is 13.2. The van der Waals surface area contributed by atoms with Gasteiger partial charge in [0.1, 0.15) is 0 Å². The van der Waals surface area contributed by atoms with Gasteiger partial charge in [0.2, 0.25) is 5.91 Å². The molecule has 1 N–H and O–H groups in total. The van der Waals surface area contributed by atoms with Gasteiger partial charge in [0.25, 0.3) is 0 Å². The van der Waals surface area contributed by atoms with Crippen molar-refractivity contribution in [2.24, 2.45) is 11.8 Å². The smallest absolute Gasteiger partial charge is 0.337 e. The van der Waals surface area contributed by atoms with Crippen LogP contribution in [0.4, 0.5) is 5.69 Å². The van der Waals surface area contributed by atoms with Crippen LogP contribution in [0.15, 0.2) is 36.1 Å². The average molecular weight is 384 g/mol. The van der Waals surface area contributed by atoms with Gasteiger partial charge in [-0.1, -0.05) is 31.5 Å². The Morgan fingerprint density at radius 1 is 1.36 bits per heavy atom. The minimum Gasteiger partial charge on any atom is -0.504 e. The van der Waals surface area contributed by atoms with E-state index < -0.39 is 5.41 Å². The Bertz CT molecular complexity index is 821. The number of carbonyl (C=O) groups excluding carboxylic acids is 2. The molecule has 0 aliphatic carbocycles. The molecule has 1 amide bonds. The molecule has 0 unspecified atom stereocenters. The molecule has 3 aliphatic heterocycles. The summed E-state index contributed by atoms with van der Waals surface area (Å²) in [7, 11) is 2.95. The first kappa shape index (κ1) is 19.0. The molecule has 6 heteroatoms. The summed E-state index contributed by atoms with van der Waals surface area (Å²) in [5, 5.41) is 3.10. The molecule has 4 atom stereocenters. The van der Waals surface area contributed by atoms with Crippen LogP contribution in [0.3, 0.4) is 0 Å². The Kier molecular flexibility index (Phi) is 4.91. The first-order chi connectivity index (χ1) is 13.6. The van der Waals surface area contributed by atoms with E-state index in [0.717, 1.165) is 43.6 Å². The van der Waals surface area contributed by atoms with Gasteiger partial charge in [0, 0.05) is 18.3 Å². The number of para-hydroxylation sites is 1. The lowest BCUT2D eigenvalue weighted by molar-refractivity contribution is -0.137. The van der Waals surface area contributed by atoms with Crippen LogP contribution in [0, 0.1) is 11.8 Å². The van der Waals surface area contributed by atoms with Crippen LogP contribution in [0.5, 0.6) is 0 Å². The number of carbonyl (C=O) groups is 2. The molecule has 28 heavy (non-hydrogen) atoms. The van der Waals surface area contributed by atoms with Crippen molar-refractivity contribution < 1.29 is 19.1 Å². The lowest BCUT2D eigenvalue weighted by Crippen LogP contribution is -2.53. The number of amides is 1. The van der Waals surface area contributed by atoms with E-state index in [0.29, 0.717) is 11.5 Å². The quantitative estimate of drug-likeness (QED) is 0.491. The molecule has 1 spiro atoms. The summed E-state index contributed by atoms with van der Waals surface area (Å²) in [6.45, 7) is 3.93. The molecule has 2 saturated heterocycles. The minimum absolute atomic E-state index is 0.00851. The molecule has 1 aromatic rings. The molecule has 4 rings (SSSR count). The molecular weight excluding hydrogens is 356 g/mol. The normalized spacial score (nSPS) is 32.0. The van der Waals surface area contributed by atoms with Gasteiger partial charge in [0.15, 0.2) is 0 Å². The van der Waals surface area contributed by atoms with Gasteiger partial charge in [-0.05, 0) is 42.9 Å². The van der Waals surface area contributed by atoms with E-state index in [9.17, 15) is 9.59 Å². The fourth-order valence-electron chi connectivity index (χ4n) is 5.63. The summed E-state index contributed by atoms with van der Waals surface area (Å²) in [6, 6.07) is 8.07. The zero-order valence-electron chi connectivity index (χ0n) is 16.7. The number of ether oxygens (including phenoxy) is 2. The van der Waals surface area contributed by atoms with Crippen LogP contribution in [0.1, 0.15) is 31.7 Å². The number of anilines is 1. The summed E-state index contributed by atoms with van der Waals surface area (Å²) in [5.41, 5.74) is 2.05. The van der Waals surface area contributed by atoms with Crippen LogP contribution in [-0.4, -0.2) is 50.1 Å². The third-order valence-electron chi connectivity index (χ3n) is 6.97. The van der Waals surface area contributed by atoms with Crippen LogP contribution in [-0.2, 0) is 24.5 Å². The second-order valence-corrected chi connectivity index (χ2v) is 8.04. The number of benzene rings is 1. The van der Waals surface area contributed by atoms with Gasteiger partial charge in [-0.2, -0.15) is 0 Å². The predicted molar refractivity (Wildman–Crippen MR) is 106 cm³/mol. The molecule has 3 heterocycles. The number of fused-ring (bicyclic) bond motifs is 4. The highest BCUT2D eigenvalue weighted by Crippen LogP contribution is 2.53. The van der Waals surface area contributed by atoms with Gasteiger partial charge in [0.05, 0.1) is 31.5 Å². The Balaban J connectivity index is 1.74. The summed E-state index contributed by atoms with van der Waals surface area (Å²) in [6.07, 6.45) is 4.04. The first-order valence-corrected chi connectivity index (χ1v) is 10.0. The summed E-state index contributed by atoms with van der Waals surface area (Å²) < 4.78 is 10.3. The Hall–Kier alpha value is -2.34. The van der Waals surface area contributed by atoms with Gasteiger partial charge in [-0.25, -0.2) is 4.79 Å². The van der Waals surface area contributed by atoms with E-state index in [1.165, 1.54) is 13.4 Å². The summed E-state index contributed by atoms with van der Waals surface area (Å²) >= 11 is 0. The first-order valence-electron chi connectivity index (χ1n) is 10.0. The molecule has 0 aromatic heterocycles. The molecule has 6 nitrogen and oxygen atoms in total. The van der Waals surface area contributed by atoms with Crippen LogP contribution in [0.25, 0.3) is 0 Å². The molecular formula is C22H28N2O4.